The zero-order valence-electron chi connectivity index (χ0n) is 11.4. The average molecular weight is 290 g/mol. The Morgan fingerprint density at radius 2 is 2.30 bits per heavy atom. The lowest BCUT2D eigenvalue weighted by molar-refractivity contribution is -0.115. The van der Waals surface area contributed by atoms with E-state index in [0.717, 1.165) is 5.56 Å². The van der Waals surface area contributed by atoms with E-state index in [0.29, 0.717) is 16.4 Å². The van der Waals surface area contributed by atoms with Crippen LogP contribution < -0.4 is 5.32 Å². The van der Waals surface area contributed by atoms with E-state index in [1.54, 1.807) is 0 Å². The molecule has 0 aliphatic heterocycles. The molecule has 0 fully saturated rings. The fourth-order valence-electron chi connectivity index (χ4n) is 1.68. The van der Waals surface area contributed by atoms with Gasteiger partial charge in [0.15, 0.2) is 5.82 Å². The molecule has 0 aliphatic carbocycles. The number of nitrogens with zero attached hydrogens (tertiary/aromatic N) is 4. The Labute approximate surface area is 120 Å². The normalized spacial score (nSPS) is 11.1. The van der Waals surface area contributed by atoms with Gasteiger partial charge in [0.2, 0.25) is 5.91 Å². The standard InChI is InChI=1S/C12H14N6OS/c1-12(2,3)8-6-20-11(7(8)5-13)14-10(19)4-9-15-17-18-16-9/h6H,4H2,1-3H3,(H,14,19)(H,15,16,17,18). The number of anilines is 1. The second kappa shape index (κ2) is 5.38. The molecule has 0 atom stereocenters. The zero-order chi connectivity index (χ0) is 14.8. The minimum atomic E-state index is -0.273. The number of aromatic amines is 1. The van der Waals surface area contributed by atoms with Crippen LogP contribution in [-0.2, 0) is 16.6 Å². The van der Waals surface area contributed by atoms with Crippen LogP contribution in [0.1, 0.15) is 37.7 Å². The van der Waals surface area contributed by atoms with Gasteiger partial charge in [0.05, 0.1) is 12.0 Å². The van der Waals surface area contributed by atoms with Gasteiger partial charge in [0.25, 0.3) is 0 Å². The van der Waals surface area contributed by atoms with Crippen LogP contribution >= 0.6 is 11.3 Å². The average Bonchev–Trinajstić information content (AvgIpc) is 2.97. The van der Waals surface area contributed by atoms with E-state index in [9.17, 15) is 10.1 Å². The molecule has 1 amide bonds. The topological polar surface area (TPSA) is 107 Å². The number of rotatable bonds is 3. The molecule has 0 aromatic carbocycles. The van der Waals surface area contributed by atoms with Gasteiger partial charge in [-0.3, -0.25) is 4.79 Å². The Morgan fingerprint density at radius 1 is 1.55 bits per heavy atom. The third-order valence-electron chi connectivity index (χ3n) is 2.67. The Balaban J connectivity index is 2.16. The molecule has 2 N–H and O–H groups in total. The summed E-state index contributed by atoms with van der Waals surface area (Å²) in [6.07, 6.45) is 0.0180. The molecular formula is C12H14N6OS. The molecule has 0 aliphatic rings. The molecule has 0 radical (unpaired) electrons. The van der Waals surface area contributed by atoms with E-state index in [2.05, 4.69) is 32.0 Å². The van der Waals surface area contributed by atoms with Crippen LogP contribution in [0.25, 0.3) is 0 Å². The van der Waals surface area contributed by atoms with Crippen LogP contribution in [0.4, 0.5) is 5.00 Å². The number of hydrogen-bond acceptors (Lipinski definition) is 6. The van der Waals surface area contributed by atoms with Gasteiger partial charge in [0, 0.05) is 0 Å². The van der Waals surface area contributed by atoms with Gasteiger partial charge in [-0.25, -0.2) is 0 Å². The molecule has 0 spiro atoms. The molecule has 20 heavy (non-hydrogen) atoms. The second-order valence-corrected chi connectivity index (χ2v) is 6.15. The van der Waals surface area contributed by atoms with Crippen molar-refractivity contribution < 1.29 is 4.79 Å². The van der Waals surface area contributed by atoms with Crippen molar-refractivity contribution in [3.05, 3.63) is 22.3 Å². The quantitative estimate of drug-likeness (QED) is 0.893. The summed E-state index contributed by atoms with van der Waals surface area (Å²) in [6.45, 7) is 6.09. The number of thiophene rings is 1. The van der Waals surface area contributed by atoms with E-state index in [1.807, 2.05) is 26.2 Å². The van der Waals surface area contributed by atoms with Crippen LogP contribution in [0.15, 0.2) is 5.38 Å². The minimum Gasteiger partial charge on any atom is -0.316 e. The van der Waals surface area contributed by atoms with Gasteiger partial charge < -0.3 is 5.32 Å². The number of nitrogens with one attached hydrogen (secondary N) is 2. The third kappa shape index (κ3) is 3.00. The fourth-order valence-corrected chi connectivity index (χ4v) is 2.84. The Bertz CT molecular complexity index is 647. The van der Waals surface area contributed by atoms with Crippen molar-refractivity contribution in [1.29, 1.82) is 5.26 Å². The summed E-state index contributed by atoms with van der Waals surface area (Å²) in [6, 6.07) is 2.16. The van der Waals surface area contributed by atoms with E-state index >= 15 is 0 Å². The number of H-pyrrole nitrogens is 1. The maximum Gasteiger partial charge on any atom is 0.232 e. The largest absolute Gasteiger partial charge is 0.316 e. The van der Waals surface area contributed by atoms with Crippen LogP contribution in [-0.4, -0.2) is 26.5 Å². The summed E-state index contributed by atoms with van der Waals surface area (Å²) < 4.78 is 0. The second-order valence-electron chi connectivity index (χ2n) is 5.27. The molecule has 2 heterocycles. The van der Waals surface area contributed by atoms with Crippen LogP contribution in [0.3, 0.4) is 0 Å². The number of nitriles is 1. The molecule has 8 heteroatoms. The van der Waals surface area contributed by atoms with Crippen molar-refractivity contribution in [2.24, 2.45) is 0 Å². The lowest BCUT2D eigenvalue weighted by atomic mass is 9.86. The van der Waals surface area contributed by atoms with Gasteiger partial charge in [-0.05, 0) is 16.4 Å². The molecule has 2 aromatic heterocycles. The maximum atomic E-state index is 11.9. The molecule has 2 aromatic rings. The van der Waals surface area contributed by atoms with E-state index in [-0.39, 0.29) is 17.7 Å². The van der Waals surface area contributed by atoms with Gasteiger partial charge >= 0.3 is 0 Å². The first-order valence-corrected chi connectivity index (χ1v) is 6.84. The summed E-state index contributed by atoms with van der Waals surface area (Å²) in [5.41, 5.74) is 1.31. The molecule has 0 unspecified atom stereocenters. The predicted octanol–water partition coefficient (Wildman–Crippen LogP) is 1.61. The highest BCUT2D eigenvalue weighted by molar-refractivity contribution is 7.14. The van der Waals surface area contributed by atoms with Crippen molar-refractivity contribution in [2.45, 2.75) is 32.6 Å². The Morgan fingerprint density at radius 3 is 2.85 bits per heavy atom. The number of carbonyl (C=O) groups is 1. The van der Waals surface area contributed by atoms with E-state index in [1.165, 1.54) is 11.3 Å². The summed E-state index contributed by atoms with van der Waals surface area (Å²) >= 11 is 1.35. The zero-order valence-corrected chi connectivity index (χ0v) is 12.2. The van der Waals surface area contributed by atoms with Gasteiger partial charge in [-0.1, -0.05) is 26.0 Å². The molecule has 104 valence electrons. The van der Waals surface area contributed by atoms with E-state index < -0.39 is 0 Å². The molecule has 7 nitrogen and oxygen atoms in total. The van der Waals surface area contributed by atoms with Crippen LogP contribution in [0.5, 0.6) is 0 Å². The molecule has 0 bridgehead atoms. The highest BCUT2D eigenvalue weighted by Gasteiger charge is 2.23. The number of amides is 1. The van der Waals surface area contributed by atoms with Gasteiger partial charge in [-0.2, -0.15) is 10.5 Å². The number of hydrogen-bond donors (Lipinski definition) is 2. The SMILES string of the molecule is CC(C)(C)c1csc(NC(=O)Cc2nn[nH]n2)c1C#N. The van der Waals surface area contributed by atoms with Crippen LogP contribution in [0, 0.1) is 11.3 Å². The summed E-state index contributed by atoms with van der Waals surface area (Å²) in [5, 5.41) is 27.6. The van der Waals surface area contributed by atoms with Crippen molar-refractivity contribution in [3.63, 3.8) is 0 Å². The number of tetrazole rings is 1. The highest BCUT2D eigenvalue weighted by Crippen LogP contribution is 2.35. The first-order valence-electron chi connectivity index (χ1n) is 5.96. The van der Waals surface area contributed by atoms with Crippen LogP contribution in [0.2, 0.25) is 0 Å². The smallest absolute Gasteiger partial charge is 0.232 e. The number of aromatic nitrogens is 4. The Hall–Kier alpha value is -2.27. The van der Waals surface area contributed by atoms with Crippen molar-refractivity contribution in [1.82, 2.24) is 20.6 Å². The molecule has 0 saturated carbocycles. The van der Waals surface area contributed by atoms with Crippen molar-refractivity contribution in [3.8, 4) is 6.07 Å². The monoisotopic (exact) mass is 290 g/mol. The molecule has 2 rings (SSSR count). The minimum absolute atomic E-state index is 0.0180. The fraction of sp³-hybridized carbons (Fsp3) is 0.417. The summed E-state index contributed by atoms with van der Waals surface area (Å²) in [5.74, 6) is 0.0406. The maximum absolute atomic E-state index is 11.9. The first-order chi connectivity index (χ1) is 9.41. The van der Waals surface area contributed by atoms with Crippen molar-refractivity contribution in [2.75, 3.05) is 5.32 Å². The summed E-state index contributed by atoms with van der Waals surface area (Å²) in [7, 11) is 0. The van der Waals surface area contributed by atoms with Gasteiger partial charge in [0.1, 0.15) is 11.1 Å². The lowest BCUT2D eigenvalue weighted by Crippen LogP contribution is -2.16. The summed E-state index contributed by atoms with van der Waals surface area (Å²) in [4.78, 5) is 11.9. The molecular weight excluding hydrogens is 276 g/mol. The van der Waals surface area contributed by atoms with Gasteiger partial charge in [-0.15, -0.1) is 21.5 Å². The third-order valence-corrected chi connectivity index (χ3v) is 3.57. The first kappa shape index (κ1) is 14.1. The Kier molecular flexibility index (Phi) is 3.81. The van der Waals surface area contributed by atoms with E-state index in [4.69, 9.17) is 0 Å². The van der Waals surface area contributed by atoms with Crippen molar-refractivity contribution >= 4 is 22.2 Å². The molecule has 0 saturated heterocycles. The predicted molar refractivity (Wildman–Crippen MR) is 74.2 cm³/mol. The number of carbonyl (C=O) groups excluding carboxylic acids is 1. The lowest BCUT2D eigenvalue weighted by Gasteiger charge is -2.17. The highest BCUT2D eigenvalue weighted by atomic mass is 32.1.